The molecule has 0 saturated heterocycles. The molecule has 18 heavy (non-hydrogen) atoms. The van der Waals surface area contributed by atoms with E-state index in [0.717, 1.165) is 6.07 Å². The zero-order valence-corrected chi connectivity index (χ0v) is 11.2. The summed E-state index contributed by atoms with van der Waals surface area (Å²) in [6, 6.07) is 1.69. The van der Waals surface area contributed by atoms with Gasteiger partial charge in [-0.25, -0.2) is 8.78 Å². The Morgan fingerprint density at radius 3 is 2.44 bits per heavy atom. The molecule has 0 saturated carbocycles. The summed E-state index contributed by atoms with van der Waals surface area (Å²) in [6.07, 6.45) is 0. The lowest BCUT2D eigenvalue weighted by atomic mass is 10.1. The standard InChI is InChI=1S/C12H15ClF2N2O/c1-12(2,3)17-10(18)6-16-11-8(13)4-7(14)5-9(11)15/h4-5,16H,6H2,1-3H3,(H,17,18). The molecule has 0 fully saturated rings. The van der Waals surface area contributed by atoms with Crippen molar-refractivity contribution in [3.05, 3.63) is 28.8 Å². The molecule has 100 valence electrons. The Morgan fingerprint density at radius 1 is 1.33 bits per heavy atom. The third-order valence-electron chi connectivity index (χ3n) is 1.95. The molecule has 1 rings (SSSR count). The minimum atomic E-state index is -0.830. The maximum atomic E-state index is 13.4. The van der Waals surface area contributed by atoms with Crippen LogP contribution >= 0.6 is 11.6 Å². The largest absolute Gasteiger partial charge is 0.373 e. The van der Waals surface area contributed by atoms with E-state index in [9.17, 15) is 13.6 Å². The number of anilines is 1. The van der Waals surface area contributed by atoms with Crippen LogP contribution in [0.5, 0.6) is 0 Å². The number of hydrogen-bond acceptors (Lipinski definition) is 2. The number of halogens is 3. The summed E-state index contributed by atoms with van der Waals surface area (Å²) in [5.41, 5.74) is -0.452. The average molecular weight is 277 g/mol. The Morgan fingerprint density at radius 2 is 1.94 bits per heavy atom. The highest BCUT2D eigenvalue weighted by molar-refractivity contribution is 6.33. The van der Waals surface area contributed by atoms with Gasteiger partial charge in [0.2, 0.25) is 5.91 Å². The number of rotatable bonds is 3. The molecule has 0 aliphatic heterocycles. The number of carbonyl (C=O) groups excluding carboxylic acids is 1. The molecule has 2 N–H and O–H groups in total. The molecule has 3 nitrogen and oxygen atoms in total. The molecule has 1 aromatic carbocycles. The highest BCUT2D eigenvalue weighted by atomic mass is 35.5. The Kier molecular flexibility index (Phi) is 4.51. The van der Waals surface area contributed by atoms with Crippen molar-refractivity contribution in [3.63, 3.8) is 0 Å². The molecule has 1 aromatic rings. The zero-order chi connectivity index (χ0) is 13.9. The fourth-order valence-corrected chi connectivity index (χ4v) is 1.60. The van der Waals surface area contributed by atoms with E-state index in [-0.39, 0.29) is 28.7 Å². The van der Waals surface area contributed by atoms with Crippen LogP contribution in [0.4, 0.5) is 14.5 Å². The van der Waals surface area contributed by atoms with Gasteiger partial charge in [0.05, 0.1) is 17.3 Å². The summed E-state index contributed by atoms with van der Waals surface area (Å²) in [6.45, 7) is 5.35. The van der Waals surface area contributed by atoms with E-state index in [0.29, 0.717) is 6.07 Å². The molecule has 1 amide bonds. The molecule has 6 heteroatoms. The van der Waals surface area contributed by atoms with Crippen molar-refractivity contribution in [2.24, 2.45) is 0 Å². The molecule has 0 aliphatic carbocycles. The number of benzene rings is 1. The Bertz CT molecular complexity index is 435. The number of carbonyl (C=O) groups is 1. The normalized spacial score (nSPS) is 11.2. The van der Waals surface area contributed by atoms with Gasteiger partial charge in [-0.2, -0.15) is 0 Å². The quantitative estimate of drug-likeness (QED) is 0.891. The van der Waals surface area contributed by atoms with Crippen LogP contribution < -0.4 is 10.6 Å². The second-order valence-corrected chi connectivity index (χ2v) is 5.30. The van der Waals surface area contributed by atoms with Crippen molar-refractivity contribution in [2.75, 3.05) is 11.9 Å². The first-order valence-electron chi connectivity index (χ1n) is 5.38. The lowest BCUT2D eigenvalue weighted by molar-refractivity contribution is -0.120. The number of nitrogens with one attached hydrogen (secondary N) is 2. The van der Waals surface area contributed by atoms with Gasteiger partial charge in [-0.3, -0.25) is 4.79 Å². The van der Waals surface area contributed by atoms with Crippen LogP contribution in [0.1, 0.15) is 20.8 Å². The van der Waals surface area contributed by atoms with E-state index >= 15 is 0 Å². The molecule has 0 unspecified atom stereocenters. The lowest BCUT2D eigenvalue weighted by Gasteiger charge is -2.21. The van der Waals surface area contributed by atoms with Gasteiger partial charge in [0, 0.05) is 11.6 Å². The smallest absolute Gasteiger partial charge is 0.239 e. The Hall–Kier alpha value is -1.36. The maximum absolute atomic E-state index is 13.4. The van der Waals surface area contributed by atoms with Crippen LogP contribution in [0.2, 0.25) is 5.02 Å². The number of amides is 1. The summed E-state index contributed by atoms with van der Waals surface area (Å²) in [5, 5.41) is 5.14. The fourth-order valence-electron chi connectivity index (χ4n) is 1.34. The van der Waals surface area contributed by atoms with Crippen LogP contribution in [0.3, 0.4) is 0 Å². The highest BCUT2D eigenvalue weighted by Gasteiger charge is 2.15. The zero-order valence-electron chi connectivity index (χ0n) is 10.4. The topological polar surface area (TPSA) is 41.1 Å². The van der Waals surface area contributed by atoms with Gasteiger partial charge in [-0.1, -0.05) is 11.6 Å². The fraction of sp³-hybridized carbons (Fsp3) is 0.417. The van der Waals surface area contributed by atoms with Crippen LogP contribution in [0.25, 0.3) is 0 Å². The van der Waals surface area contributed by atoms with Crippen LogP contribution in [-0.4, -0.2) is 18.0 Å². The molecule has 0 heterocycles. The third kappa shape index (κ3) is 4.49. The van der Waals surface area contributed by atoms with Gasteiger partial charge < -0.3 is 10.6 Å². The monoisotopic (exact) mass is 276 g/mol. The lowest BCUT2D eigenvalue weighted by Crippen LogP contribution is -2.43. The molecular weight excluding hydrogens is 262 g/mol. The molecule has 0 aliphatic rings. The van der Waals surface area contributed by atoms with E-state index in [1.165, 1.54) is 0 Å². The predicted octanol–water partition coefficient (Wildman–Crippen LogP) is 2.94. The summed E-state index contributed by atoms with van der Waals surface area (Å²) in [5.74, 6) is -1.90. The van der Waals surface area contributed by atoms with Crippen molar-refractivity contribution >= 4 is 23.2 Å². The van der Waals surface area contributed by atoms with E-state index < -0.39 is 11.6 Å². The summed E-state index contributed by atoms with van der Waals surface area (Å²) in [7, 11) is 0. The second-order valence-electron chi connectivity index (χ2n) is 4.90. The maximum Gasteiger partial charge on any atom is 0.239 e. The highest BCUT2D eigenvalue weighted by Crippen LogP contribution is 2.25. The van der Waals surface area contributed by atoms with Gasteiger partial charge in [0.1, 0.15) is 5.82 Å². The van der Waals surface area contributed by atoms with Gasteiger partial charge in [0.15, 0.2) is 5.82 Å². The van der Waals surface area contributed by atoms with Gasteiger partial charge in [-0.05, 0) is 26.8 Å². The molecule has 0 radical (unpaired) electrons. The van der Waals surface area contributed by atoms with E-state index in [1.54, 1.807) is 0 Å². The van der Waals surface area contributed by atoms with E-state index in [2.05, 4.69) is 10.6 Å². The summed E-state index contributed by atoms with van der Waals surface area (Å²) in [4.78, 5) is 11.5. The predicted molar refractivity (Wildman–Crippen MR) is 67.8 cm³/mol. The Balaban J connectivity index is 2.67. The van der Waals surface area contributed by atoms with Crippen molar-refractivity contribution in [1.29, 1.82) is 0 Å². The van der Waals surface area contributed by atoms with Gasteiger partial charge in [-0.15, -0.1) is 0 Å². The van der Waals surface area contributed by atoms with E-state index in [1.807, 2.05) is 20.8 Å². The molecule has 0 bridgehead atoms. The first-order valence-corrected chi connectivity index (χ1v) is 5.76. The van der Waals surface area contributed by atoms with Crippen molar-refractivity contribution in [3.8, 4) is 0 Å². The first-order chi connectivity index (χ1) is 8.19. The van der Waals surface area contributed by atoms with Gasteiger partial charge >= 0.3 is 0 Å². The second kappa shape index (κ2) is 5.52. The Labute approximate surface area is 110 Å². The summed E-state index contributed by atoms with van der Waals surface area (Å²) < 4.78 is 26.2. The minimum Gasteiger partial charge on any atom is -0.373 e. The van der Waals surface area contributed by atoms with Crippen LogP contribution in [0.15, 0.2) is 12.1 Å². The van der Waals surface area contributed by atoms with E-state index in [4.69, 9.17) is 11.6 Å². The van der Waals surface area contributed by atoms with Crippen LogP contribution in [0, 0.1) is 11.6 Å². The SMILES string of the molecule is CC(C)(C)NC(=O)CNc1c(F)cc(F)cc1Cl. The third-order valence-corrected chi connectivity index (χ3v) is 2.25. The summed E-state index contributed by atoms with van der Waals surface area (Å²) >= 11 is 5.68. The number of hydrogen-bond donors (Lipinski definition) is 2. The van der Waals surface area contributed by atoms with Crippen molar-refractivity contribution in [2.45, 2.75) is 26.3 Å². The van der Waals surface area contributed by atoms with Gasteiger partial charge in [0.25, 0.3) is 0 Å². The molecule has 0 aromatic heterocycles. The molecule has 0 atom stereocenters. The average Bonchev–Trinajstić information content (AvgIpc) is 2.12. The minimum absolute atomic E-state index is 0.0814. The molecular formula is C12H15ClF2N2O. The molecule has 0 spiro atoms. The van der Waals surface area contributed by atoms with Crippen molar-refractivity contribution < 1.29 is 13.6 Å². The van der Waals surface area contributed by atoms with Crippen LogP contribution in [-0.2, 0) is 4.79 Å². The first kappa shape index (κ1) is 14.7. The van der Waals surface area contributed by atoms with Crippen molar-refractivity contribution in [1.82, 2.24) is 5.32 Å².